The van der Waals surface area contributed by atoms with E-state index in [1.54, 1.807) is 0 Å². The Morgan fingerprint density at radius 1 is 1.29 bits per heavy atom. The van der Waals surface area contributed by atoms with Crippen LogP contribution in [0.15, 0.2) is 23.6 Å². The van der Waals surface area contributed by atoms with Crippen molar-refractivity contribution in [3.05, 3.63) is 46.0 Å². The molecular weight excluding hydrogens is 364 g/mol. The standard InChI is InChI=1S/C24H32N2OS/c1-15(2)17-7-9-19-18(13-17)8-10-20-23(19,4)11-6-12-24(20,5)21(27)26-22-25-16(3)14-28-22/h7,9,13-15,20H,6,8,10-12H2,1-5H3,(H,25,26,27)/t20-,23-,24+/m1/s1. The molecule has 0 aliphatic heterocycles. The first kappa shape index (κ1) is 19.6. The molecule has 2 aliphatic rings. The van der Waals surface area contributed by atoms with Gasteiger partial charge in [-0.2, -0.15) is 0 Å². The number of anilines is 1. The molecule has 0 bridgehead atoms. The average Bonchev–Trinajstić information content (AvgIpc) is 3.05. The molecule has 0 spiro atoms. The third-order valence-electron chi connectivity index (χ3n) is 7.40. The Kier molecular flexibility index (Phi) is 4.89. The minimum absolute atomic E-state index is 0.0756. The zero-order chi connectivity index (χ0) is 20.1. The van der Waals surface area contributed by atoms with Crippen molar-refractivity contribution in [1.82, 2.24) is 4.98 Å². The van der Waals surface area contributed by atoms with Crippen molar-refractivity contribution in [2.24, 2.45) is 11.3 Å². The lowest BCUT2D eigenvalue weighted by Crippen LogP contribution is -2.53. The zero-order valence-corrected chi connectivity index (χ0v) is 18.6. The van der Waals surface area contributed by atoms with E-state index in [2.05, 4.69) is 56.2 Å². The highest BCUT2D eigenvalue weighted by molar-refractivity contribution is 7.13. The number of nitrogens with zero attached hydrogens (tertiary/aromatic N) is 1. The second-order valence-corrected chi connectivity index (χ2v) is 10.5. The lowest BCUT2D eigenvalue weighted by atomic mass is 9.49. The summed E-state index contributed by atoms with van der Waals surface area (Å²) in [5.74, 6) is 1.08. The first-order chi connectivity index (χ1) is 13.2. The Morgan fingerprint density at radius 3 is 2.75 bits per heavy atom. The van der Waals surface area contributed by atoms with Crippen molar-refractivity contribution in [1.29, 1.82) is 0 Å². The average molecular weight is 397 g/mol. The number of hydrogen-bond donors (Lipinski definition) is 1. The topological polar surface area (TPSA) is 42.0 Å². The number of aromatic nitrogens is 1. The van der Waals surface area contributed by atoms with Gasteiger partial charge in [-0.15, -0.1) is 11.3 Å². The molecule has 1 aromatic heterocycles. The molecule has 1 fully saturated rings. The normalized spacial score (nSPS) is 29.3. The Hall–Kier alpha value is -1.68. The number of amides is 1. The van der Waals surface area contributed by atoms with Crippen molar-refractivity contribution in [2.45, 2.75) is 78.1 Å². The number of benzene rings is 1. The van der Waals surface area contributed by atoms with Crippen molar-refractivity contribution < 1.29 is 4.79 Å². The van der Waals surface area contributed by atoms with Crippen LogP contribution in [0.1, 0.15) is 81.7 Å². The molecule has 4 heteroatoms. The third-order valence-corrected chi connectivity index (χ3v) is 8.28. The predicted molar refractivity (Wildman–Crippen MR) is 117 cm³/mol. The van der Waals surface area contributed by atoms with Crippen LogP contribution in [0.25, 0.3) is 0 Å². The monoisotopic (exact) mass is 396 g/mol. The molecule has 1 saturated carbocycles. The number of carbonyl (C=O) groups is 1. The van der Waals surface area contributed by atoms with Gasteiger partial charge in [-0.1, -0.05) is 52.3 Å². The lowest BCUT2D eigenvalue weighted by molar-refractivity contribution is -0.133. The van der Waals surface area contributed by atoms with Crippen molar-refractivity contribution in [2.75, 3.05) is 5.32 Å². The van der Waals surface area contributed by atoms with Crippen LogP contribution in [0.5, 0.6) is 0 Å². The van der Waals surface area contributed by atoms with Gasteiger partial charge in [-0.25, -0.2) is 4.98 Å². The number of nitrogens with one attached hydrogen (secondary N) is 1. The summed E-state index contributed by atoms with van der Waals surface area (Å²) in [6.07, 6.45) is 5.40. The molecule has 2 aliphatic carbocycles. The molecule has 3 nitrogen and oxygen atoms in total. The fourth-order valence-corrected chi connectivity index (χ4v) is 6.48. The van der Waals surface area contributed by atoms with E-state index in [4.69, 9.17) is 0 Å². The largest absolute Gasteiger partial charge is 0.301 e. The maximum absolute atomic E-state index is 13.4. The second-order valence-electron chi connectivity index (χ2n) is 9.60. The SMILES string of the molecule is Cc1csc(NC(=O)[C@@]2(C)CCC[C@]3(C)c4ccc(C(C)C)cc4CC[C@@H]23)n1. The number of thiazole rings is 1. The van der Waals surface area contributed by atoms with Crippen molar-refractivity contribution >= 4 is 22.4 Å². The second kappa shape index (κ2) is 6.98. The first-order valence-electron chi connectivity index (χ1n) is 10.6. The van der Waals surface area contributed by atoms with E-state index in [0.717, 1.165) is 36.5 Å². The molecule has 0 radical (unpaired) electrons. The third kappa shape index (κ3) is 3.10. The summed E-state index contributed by atoms with van der Waals surface area (Å²) in [5.41, 5.74) is 5.11. The molecule has 0 saturated heterocycles. The van der Waals surface area contributed by atoms with Gasteiger partial charge in [0.05, 0.1) is 11.1 Å². The van der Waals surface area contributed by atoms with Gasteiger partial charge in [0, 0.05) is 5.38 Å². The highest BCUT2D eigenvalue weighted by Crippen LogP contribution is 2.57. The summed E-state index contributed by atoms with van der Waals surface area (Å²) in [4.78, 5) is 17.9. The van der Waals surface area contributed by atoms with E-state index >= 15 is 0 Å². The van der Waals surface area contributed by atoms with E-state index in [0.29, 0.717) is 11.8 Å². The van der Waals surface area contributed by atoms with Crippen LogP contribution in [0.3, 0.4) is 0 Å². The smallest absolute Gasteiger partial charge is 0.232 e. The van der Waals surface area contributed by atoms with E-state index in [9.17, 15) is 4.79 Å². The van der Waals surface area contributed by atoms with Crippen LogP contribution in [0.4, 0.5) is 5.13 Å². The summed E-state index contributed by atoms with van der Waals surface area (Å²) in [7, 11) is 0. The fourth-order valence-electron chi connectivity index (χ4n) is 5.79. The Labute approximate surface area is 173 Å². The summed E-state index contributed by atoms with van der Waals surface area (Å²) in [5, 5.41) is 5.86. The zero-order valence-electron chi connectivity index (χ0n) is 17.8. The molecule has 2 aromatic rings. The van der Waals surface area contributed by atoms with E-state index in [1.165, 1.54) is 34.4 Å². The Morgan fingerprint density at radius 2 is 2.07 bits per heavy atom. The number of rotatable bonds is 3. The van der Waals surface area contributed by atoms with E-state index in [1.807, 2.05) is 12.3 Å². The van der Waals surface area contributed by atoms with Crippen LogP contribution >= 0.6 is 11.3 Å². The molecule has 150 valence electrons. The number of hydrogen-bond acceptors (Lipinski definition) is 3. The van der Waals surface area contributed by atoms with Crippen LogP contribution < -0.4 is 5.32 Å². The van der Waals surface area contributed by atoms with E-state index < -0.39 is 0 Å². The Bertz CT molecular complexity index is 902. The molecule has 28 heavy (non-hydrogen) atoms. The number of carbonyl (C=O) groups excluding carboxylic acids is 1. The maximum Gasteiger partial charge on any atom is 0.232 e. The number of fused-ring (bicyclic) bond motifs is 3. The molecule has 1 N–H and O–H groups in total. The van der Waals surface area contributed by atoms with Gasteiger partial charge < -0.3 is 5.32 Å². The quantitative estimate of drug-likeness (QED) is 0.669. The summed E-state index contributed by atoms with van der Waals surface area (Å²) < 4.78 is 0. The van der Waals surface area contributed by atoms with Crippen LogP contribution in [0, 0.1) is 18.3 Å². The number of aryl methyl sites for hydroxylation is 2. The minimum Gasteiger partial charge on any atom is -0.301 e. The van der Waals surface area contributed by atoms with Gasteiger partial charge in [-0.05, 0) is 66.5 Å². The van der Waals surface area contributed by atoms with Crippen LogP contribution in [0.2, 0.25) is 0 Å². The maximum atomic E-state index is 13.4. The molecule has 1 amide bonds. The van der Waals surface area contributed by atoms with Gasteiger partial charge in [0.1, 0.15) is 0 Å². The minimum atomic E-state index is -0.346. The van der Waals surface area contributed by atoms with Gasteiger partial charge >= 0.3 is 0 Å². The van der Waals surface area contributed by atoms with Crippen LogP contribution in [-0.4, -0.2) is 10.9 Å². The highest BCUT2D eigenvalue weighted by atomic mass is 32.1. The summed E-state index contributed by atoms with van der Waals surface area (Å²) in [6, 6.07) is 7.10. The van der Waals surface area contributed by atoms with E-state index in [-0.39, 0.29) is 16.7 Å². The first-order valence-corrected chi connectivity index (χ1v) is 11.5. The molecule has 3 atom stereocenters. The molecular formula is C24H32N2OS. The van der Waals surface area contributed by atoms with Crippen LogP contribution in [-0.2, 0) is 16.6 Å². The predicted octanol–water partition coefficient (Wildman–Crippen LogP) is 6.22. The molecule has 0 unspecified atom stereocenters. The van der Waals surface area contributed by atoms with Crippen molar-refractivity contribution in [3.8, 4) is 0 Å². The molecule has 1 heterocycles. The van der Waals surface area contributed by atoms with Gasteiger partial charge in [0.2, 0.25) is 5.91 Å². The highest BCUT2D eigenvalue weighted by Gasteiger charge is 2.55. The molecule has 4 rings (SSSR count). The van der Waals surface area contributed by atoms with Gasteiger partial charge in [-0.3, -0.25) is 4.79 Å². The summed E-state index contributed by atoms with van der Waals surface area (Å²) >= 11 is 1.52. The molecule has 1 aromatic carbocycles. The van der Waals surface area contributed by atoms with Crippen molar-refractivity contribution in [3.63, 3.8) is 0 Å². The van der Waals surface area contributed by atoms with Gasteiger partial charge in [0.15, 0.2) is 5.13 Å². The summed E-state index contributed by atoms with van der Waals surface area (Å²) in [6.45, 7) is 11.1. The van der Waals surface area contributed by atoms with Gasteiger partial charge in [0.25, 0.3) is 0 Å². The lowest BCUT2D eigenvalue weighted by Gasteiger charge is -2.54. The Balaban J connectivity index is 1.67. The fraction of sp³-hybridized carbons (Fsp3) is 0.583.